The summed E-state index contributed by atoms with van der Waals surface area (Å²) < 4.78 is 27.0. The van der Waals surface area contributed by atoms with Crippen molar-refractivity contribution < 1.29 is 13.9 Å². The maximum atomic E-state index is 15.0. The molecule has 0 unspecified atom stereocenters. The number of fused-ring (bicyclic) bond motifs is 2. The molecule has 5 rings (SSSR count). The zero-order valence-corrected chi connectivity index (χ0v) is 19.2. The second-order valence-corrected chi connectivity index (χ2v) is 8.81. The number of hydrogen-bond donors (Lipinski definition) is 1. The minimum Gasteiger partial charge on any atom is -0.493 e. The molecule has 2 aromatic carbocycles. The van der Waals surface area contributed by atoms with Gasteiger partial charge in [-0.05, 0) is 76.0 Å². The molecule has 3 heterocycles. The second-order valence-electron chi connectivity index (χ2n) is 8.81. The van der Waals surface area contributed by atoms with E-state index in [2.05, 4.69) is 19.9 Å². The monoisotopic (exact) mass is 448 g/mol. The van der Waals surface area contributed by atoms with Gasteiger partial charge >= 0.3 is 0 Å². The van der Waals surface area contributed by atoms with Crippen molar-refractivity contribution in [3.63, 3.8) is 0 Å². The molecule has 2 aromatic heterocycles. The highest BCUT2D eigenvalue weighted by Crippen LogP contribution is 2.34. The predicted octanol–water partition coefficient (Wildman–Crippen LogP) is 5.91. The first kappa shape index (κ1) is 21.6. The maximum absolute atomic E-state index is 15.0. The number of aryl methyl sites for hydroxylation is 2. The number of H-pyrrole nitrogens is 1. The number of rotatable bonds is 7. The Labute approximate surface area is 192 Å². The SMILES string of the molecule is Cc1cc2c(F)c(Oc3ncnc4cc(OCCCN5CCCCC5)c(C)cc34)ccc2[nH]1. The van der Waals surface area contributed by atoms with Gasteiger partial charge in [-0.15, -0.1) is 0 Å². The number of aromatic amines is 1. The lowest BCUT2D eigenvalue weighted by molar-refractivity contribution is 0.204. The Bertz CT molecular complexity index is 1280. The average molecular weight is 449 g/mol. The number of piperidine rings is 1. The molecule has 0 saturated carbocycles. The van der Waals surface area contributed by atoms with Gasteiger partial charge in [-0.2, -0.15) is 0 Å². The van der Waals surface area contributed by atoms with Crippen molar-refractivity contribution in [2.75, 3.05) is 26.2 Å². The molecule has 1 aliphatic rings. The Morgan fingerprint density at radius 3 is 2.70 bits per heavy atom. The molecular weight excluding hydrogens is 419 g/mol. The first-order chi connectivity index (χ1) is 16.1. The number of hydrogen-bond acceptors (Lipinski definition) is 5. The number of nitrogens with one attached hydrogen (secondary N) is 1. The minimum absolute atomic E-state index is 0.136. The van der Waals surface area contributed by atoms with E-state index in [0.29, 0.717) is 23.4 Å². The van der Waals surface area contributed by atoms with Gasteiger partial charge in [0.2, 0.25) is 5.88 Å². The van der Waals surface area contributed by atoms with Crippen molar-refractivity contribution in [1.29, 1.82) is 0 Å². The summed E-state index contributed by atoms with van der Waals surface area (Å²) >= 11 is 0. The average Bonchev–Trinajstić information content (AvgIpc) is 3.21. The van der Waals surface area contributed by atoms with Gasteiger partial charge in [0.1, 0.15) is 12.1 Å². The molecule has 0 spiro atoms. The quantitative estimate of drug-likeness (QED) is 0.356. The normalized spacial score (nSPS) is 14.8. The summed E-state index contributed by atoms with van der Waals surface area (Å²) in [5.41, 5.74) is 3.31. The van der Waals surface area contributed by atoms with Gasteiger partial charge in [-0.25, -0.2) is 14.4 Å². The van der Waals surface area contributed by atoms with Crippen LogP contribution in [0.15, 0.2) is 36.7 Å². The van der Waals surface area contributed by atoms with Crippen molar-refractivity contribution in [1.82, 2.24) is 19.9 Å². The molecule has 1 fully saturated rings. The number of halogens is 1. The molecule has 4 aromatic rings. The third-order valence-electron chi connectivity index (χ3n) is 6.26. The van der Waals surface area contributed by atoms with E-state index in [-0.39, 0.29) is 5.75 Å². The van der Waals surface area contributed by atoms with Crippen molar-refractivity contribution in [3.8, 4) is 17.4 Å². The van der Waals surface area contributed by atoms with Crippen LogP contribution in [0, 0.1) is 19.7 Å². The fourth-order valence-corrected chi connectivity index (χ4v) is 4.53. The topological polar surface area (TPSA) is 63.3 Å². The van der Waals surface area contributed by atoms with Crippen LogP contribution in [0.2, 0.25) is 0 Å². The van der Waals surface area contributed by atoms with E-state index in [1.54, 1.807) is 12.1 Å². The molecule has 1 N–H and O–H groups in total. The van der Waals surface area contributed by atoms with Crippen LogP contribution in [0.25, 0.3) is 21.8 Å². The highest BCUT2D eigenvalue weighted by Gasteiger charge is 2.15. The van der Waals surface area contributed by atoms with E-state index >= 15 is 4.39 Å². The molecular formula is C26H29FN4O2. The first-order valence-electron chi connectivity index (χ1n) is 11.6. The van der Waals surface area contributed by atoms with Gasteiger partial charge in [0, 0.05) is 29.2 Å². The molecule has 1 aliphatic heterocycles. The van der Waals surface area contributed by atoms with Crippen molar-refractivity contribution >= 4 is 21.8 Å². The zero-order chi connectivity index (χ0) is 22.8. The Balaban J connectivity index is 1.32. The smallest absolute Gasteiger partial charge is 0.230 e. The van der Waals surface area contributed by atoms with Crippen molar-refractivity contribution in [2.45, 2.75) is 39.5 Å². The van der Waals surface area contributed by atoms with Gasteiger partial charge in [0.15, 0.2) is 11.6 Å². The van der Waals surface area contributed by atoms with Crippen LogP contribution in [0.4, 0.5) is 4.39 Å². The molecule has 33 heavy (non-hydrogen) atoms. The van der Waals surface area contributed by atoms with E-state index in [4.69, 9.17) is 9.47 Å². The van der Waals surface area contributed by atoms with Gasteiger partial charge in [0.25, 0.3) is 0 Å². The summed E-state index contributed by atoms with van der Waals surface area (Å²) in [4.78, 5) is 14.3. The molecule has 0 amide bonds. The minimum atomic E-state index is -0.408. The van der Waals surface area contributed by atoms with E-state index in [0.717, 1.165) is 40.9 Å². The summed E-state index contributed by atoms with van der Waals surface area (Å²) in [6.07, 6.45) is 6.39. The summed E-state index contributed by atoms with van der Waals surface area (Å²) in [7, 11) is 0. The third kappa shape index (κ3) is 4.64. The number of aromatic nitrogens is 3. The van der Waals surface area contributed by atoms with Gasteiger partial charge in [-0.1, -0.05) is 6.42 Å². The maximum Gasteiger partial charge on any atom is 0.230 e. The Hall–Kier alpha value is -3.19. The fraction of sp³-hybridized carbons (Fsp3) is 0.385. The summed E-state index contributed by atoms with van der Waals surface area (Å²) in [5, 5.41) is 1.22. The molecule has 0 radical (unpaired) electrons. The first-order valence-corrected chi connectivity index (χ1v) is 11.6. The van der Waals surface area contributed by atoms with Crippen LogP contribution >= 0.6 is 0 Å². The molecule has 0 bridgehead atoms. The Morgan fingerprint density at radius 2 is 1.85 bits per heavy atom. The molecule has 0 atom stereocenters. The lowest BCUT2D eigenvalue weighted by Crippen LogP contribution is -2.31. The zero-order valence-electron chi connectivity index (χ0n) is 19.2. The van der Waals surface area contributed by atoms with E-state index in [1.165, 1.54) is 38.7 Å². The van der Waals surface area contributed by atoms with Crippen LogP contribution in [0.1, 0.15) is 36.9 Å². The predicted molar refractivity (Wildman–Crippen MR) is 128 cm³/mol. The third-order valence-corrected chi connectivity index (χ3v) is 6.26. The standard InChI is InChI=1S/C26H29FN4O2/c1-17-13-20-22(15-24(17)32-12-6-11-31-9-4-3-5-10-31)28-16-29-26(20)33-23-8-7-21-19(25(23)27)14-18(2)30-21/h7-8,13-16,30H,3-6,9-12H2,1-2H3. The van der Waals surface area contributed by atoms with Crippen LogP contribution in [-0.4, -0.2) is 46.1 Å². The largest absolute Gasteiger partial charge is 0.493 e. The van der Waals surface area contributed by atoms with E-state index < -0.39 is 5.82 Å². The number of benzene rings is 2. The lowest BCUT2D eigenvalue weighted by Gasteiger charge is -2.26. The highest BCUT2D eigenvalue weighted by molar-refractivity contribution is 5.86. The van der Waals surface area contributed by atoms with Crippen LogP contribution in [0.5, 0.6) is 17.4 Å². The Kier molecular flexibility index (Phi) is 6.13. The van der Waals surface area contributed by atoms with Crippen molar-refractivity contribution in [3.05, 3.63) is 53.7 Å². The van der Waals surface area contributed by atoms with Gasteiger partial charge in [-0.3, -0.25) is 0 Å². The molecule has 1 saturated heterocycles. The molecule has 0 aliphatic carbocycles. The fourth-order valence-electron chi connectivity index (χ4n) is 4.53. The van der Waals surface area contributed by atoms with E-state index in [1.807, 2.05) is 32.0 Å². The van der Waals surface area contributed by atoms with Crippen LogP contribution in [0.3, 0.4) is 0 Å². The highest BCUT2D eigenvalue weighted by atomic mass is 19.1. The molecule has 172 valence electrons. The summed E-state index contributed by atoms with van der Waals surface area (Å²) in [6, 6.07) is 9.06. The van der Waals surface area contributed by atoms with Gasteiger partial charge < -0.3 is 19.4 Å². The second kappa shape index (κ2) is 9.35. The summed E-state index contributed by atoms with van der Waals surface area (Å²) in [6.45, 7) is 8.03. The van der Waals surface area contributed by atoms with Crippen LogP contribution < -0.4 is 9.47 Å². The lowest BCUT2D eigenvalue weighted by atomic mass is 10.1. The summed E-state index contributed by atoms with van der Waals surface area (Å²) in [5.74, 6) is 0.859. The number of ether oxygens (including phenoxy) is 2. The Morgan fingerprint density at radius 1 is 1.00 bits per heavy atom. The van der Waals surface area contributed by atoms with Crippen LogP contribution in [-0.2, 0) is 0 Å². The molecule has 7 heteroatoms. The van der Waals surface area contributed by atoms with Crippen molar-refractivity contribution in [2.24, 2.45) is 0 Å². The number of likely N-dealkylation sites (tertiary alicyclic amines) is 1. The van der Waals surface area contributed by atoms with Gasteiger partial charge in [0.05, 0.1) is 17.5 Å². The van der Waals surface area contributed by atoms with E-state index in [9.17, 15) is 0 Å². The number of nitrogens with zero attached hydrogens (tertiary/aromatic N) is 3. The molecule has 6 nitrogen and oxygen atoms in total.